The number of rotatable bonds is 1. The Morgan fingerprint density at radius 1 is 1.10 bits per heavy atom. The number of hydrogen-bond donors (Lipinski definition) is 0. The third-order valence-corrected chi connectivity index (χ3v) is 5.35. The molecule has 0 saturated heterocycles. The van der Waals surface area contributed by atoms with Crippen molar-refractivity contribution in [1.82, 2.24) is 0 Å². The molecule has 1 aromatic rings. The Kier molecular flexibility index (Phi) is 2.77. The van der Waals surface area contributed by atoms with Crippen LogP contribution in [-0.4, -0.2) is 19.6 Å². The first-order valence-electron chi connectivity index (χ1n) is 3.35. The molecule has 0 aliphatic rings. The molecule has 0 aliphatic heterocycles. The van der Waals surface area contributed by atoms with Gasteiger partial charge in [0.15, 0.2) is 0 Å². The number of hydrogen-bond acceptors (Lipinski definition) is 0. The molecule has 0 heterocycles. The van der Waals surface area contributed by atoms with E-state index in [2.05, 4.69) is 41.1 Å². The van der Waals surface area contributed by atoms with Crippen LogP contribution in [-0.2, 0) is 0 Å². The summed E-state index contributed by atoms with van der Waals surface area (Å²) >= 11 is -0.842. The Hall–Kier alpha value is 0.00961. The summed E-state index contributed by atoms with van der Waals surface area (Å²) in [7, 11) is 0. The molecule has 0 saturated carbocycles. The summed E-state index contributed by atoms with van der Waals surface area (Å²) in [4.78, 5) is 4.79. The first kappa shape index (κ1) is 8.11. The minimum absolute atomic E-state index is 0.842. The summed E-state index contributed by atoms with van der Waals surface area (Å²) in [6.45, 7) is 2.20. The summed E-state index contributed by atoms with van der Waals surface area (Å²) in [6.07, 6.45) is 0. The van der Waals surface area contributed by atoms with Crippen LogP contribution in [0.1, 0.15) is 5.56 Å². The molecule has 0 amide bonds. The van der Waals surface area contributed by atoms with Crippen LogP contribution in [0.2, 0.25) is 9.94 Å². The van der Waals surface area contributed by atoms with E-state index in [0.29, 0.717) is 0 Å². The number of aryl methyl sites for hydroxylation is 1. The standard InChI is InChI=1S/C9H13Te/c1-8-6-4-5-7-9(8)10(2)3/h4-7H,1-3H3/q+1. The van der Waals surface area contributed by atoms with Crippen LogP contribution in [0, 0.1) is 6.92 Å². The van der Waals surface area contributed by atoms with E-state index < -0.39 is 19.6 Å². The average molecular weight is 249 g/mol. The molecule has 0 bridgehead atoms. The molecule has 1 heteroatoms. The molecule has 1 rings (SSSR count). The Morgan fingerprint density at radius 2 is 1.70 bits per heavy atom. The van der Waals surface area contributed by atoms with Gasteiger partial charge in [-0.3, -0.25) is 0 Å². The second kappa shape index (κ2) is 3.42. The summed E-state index contributed by atoms with van der Waals surface area (Å²) in [5, 5.41) is 0. The van der Waals surface area contributed by atoms with Crippen molar-refractivity contribution in [1.29, 1.82) is 0 Å². The van der Waals surface area contributed by atoms with Gasteiger partial charge in [0.05, 0.1) is 0 Å². The van der Waals surface area contributed by atoms with Crippen molar-refractivity contribution in [2.75, 3.05) is 0 Å². The van der Waals surface area contributed by atoms with E-state index in [9.17, 15) is 0 Å². The third-order valence-electron chi connectivity index (χ3n) is 1.53. The molecule has 0 unspecified atom stereocenters. The van der Waals surface area contributed by atoms with Crippen molar-refractivity contribution >= 4 is 23.2 Å². The number of benzene rings is 1. The molecule has 0 nitrogen and oxygen atoms in total. The molecule has 0 fully saturated rings. The van der Waals surface area contributed by atoms with Gasteiger partial charge in [0.2, 0.25) is 0 Å². The van der Waals surface area contributed by atoms with Gasteiger partial charge in [-0.25, -0.2) is 0 Å². The van der Waals surface area contributed by atoms with E-state index in [-0.39, 0.29) is 0 Å². The van der Waals surface area contributed by atoms with E-state index in [0.717, 1.165) is 0 Å². The van der Waals surface area contributed by atoms with Gasteiger partial charge in [0, 0.05) is 0 Å². The van der Waals surface area contributed by atoms with Gasteiger partial charge in [0.1, 0.15) is 0 Å². The van der Waals surface area contributed by atoms with Gasteiger partial charge in [-0.15, -0.1) is 0 Å². The van der Waals surface area contributed by atoms with Gasteiger partial charge in [-0.1, -0.05) is 0 Å². The predicted molar refractivity (Wildman–Crippen MR) is 48.3 cm³/mol. The first-order valence-corrected chi connectivity index (χ1v) is 9.17. The topological polar surface area (TPSA) is 0 Å². The summed E-state index contributed by atoms with van der Waals surface area (Å²) < 4.78 is 1.63. The fourth-order valence-corrected chi connectivity index (χ4v) is 4.05. The summed E-state index contributed by atoms with van der Waals surface area (Å²) in [6, 6.07) is 8.73. The maximum atomic E-state index is 2.39. The van der Waals surface area contributed by atoms with Gasteiger partial charge >= 0.3 is 69.9 Å². The van der Waals surface area contributed by atoms with Crippen molar-refractivity contribution in [2.45, 2.75) is 16.9 Å². The fourth-order valence-electron chi connectivity index (χ4n) is 1.01. The van der Waals surface area contributed by atoms with E-state index in [1.807, 2.05) is 0 Å². The zero-order valence-electron chi connectivity index (χ0n) is 6.72. The van der Waals surface area contributed by atoms with Crippen molar-refractivity contribution < 1.29 is 0 Å². The van der Waals surface area contributed by atoms with Crippen LogP contribution in [0.25, 0.3) is 0 Å². The Bertz CT molecular complexity index is 216. The Morgan fingerprint density at radius 3 is 2.10 bits per heavy atom. The minimum atomic E-state index is -0.842. The van der Waals surface area contributed by atoms with E-state index in [1.54, 1.807) is 3.61 Å². The molecule has 0 atom stereocenters. The first-order chi connectivity index (χ1) is 4.72. The predicted octanol–water partition coefficient (Wildman–Crippen LogP) is 1.96. The second-order valence-corrected chi connectivity index (χ2v) is 8.50. The summed E-state index contributed by atoms with van der Waals surface area (Å²) in [5.74, 6) is 0. The molecular weight excluding hydrogens is 236 g/mol. The van der Waals surface area contributed by atoms with E-state index >= 15 is 0 Å². The SMILES string of the molecule is Cc1ccccc1[Te+](C)C. The molecular formula is C9H13Te+. The molecule has 0 spiro atoms. The normalized spacial score (nSPS) is 10.4. The zero-order chi connectivity index (χ0) is 7.56. The molecule has 10 heavy (non-hydrogen) atoms. The van der Waals surface area contributed by atoms with Crippen molar-refractivity contribution in [2.24, 2.45) is 0 Å². The van der Waals surface area contributed by atoms with Crippen molar-refractivity contribution in [3.63, 3.8) is 0 Å². The average Bonchev–Trinajstić information content (AvgIpc) is 1.88. The Balaban J connectivity index is 3.03. The maximum absolute atomic E-state index is 2.39. The van der Waals surface area contributed by atoms with Crippen LogP contribution in [0.4, 0.5) is 0 Å². The zero-order valence-corrected chi connectivity index (χ0v) is 9.05. The Labute approximate surface area is 69.9 Å². The molecule has 1 aromatic carbocycles. The van der Waals surface area contributed by atoms with Crippen LogP contribution >= 0.6 is 0 Å². The molecule has 0 N–H and O–H groups in total. The van der Waals surface area contributed by atoms with Crippen LogP contribution in [0.3, 0.4) is 0 Å². The van der Waals surface area contributed by atoms with Crippen LogP contribution in [0.15, 0.2) is 24.3 Å². The van der Waals surface area contributed by atoms with Gasteiger partial charge in [-0.2, -0.15) is 0 Å². The van der Waals surface area contributed by atoms with Gasteiger partial charge in [-0.05, 0) is 0 Å². The fraction of sp³-hybridized carbons (Fsp3) is 0.333. The van der Waals surface area contributed by atoms with E-state index in [4.69, 9.17) is 0 Å². The third kappa shape index (κ3) is 1.75. The molecule has 0 aliphatic carbocycles. The summed E-state index contributed by atoms with van der Waals surface area (Å²) in [5.41, 5.74) is 1.48. The molecule has 54 valence electrons. The van der Waals surface area contributed by atoms with Crippen LogP contribution < -0.4 is 3.61 Å². The van der Waals surface area contributed by atoms with Crippen LogP contribution in [0.5, 0.6) is 0 Å². The molecule has 0 aromatic heterocycles. The van der Waals surface area contributed by atoms with Crippen molar-refractivity contribution in [3.05, 3.63) is 29.8 Å². The monoisotopic (exact) mass is 251 g/mol. The molecule has 0 radical (unpaired) electrons. The van der Waals surface area contributed by atoms with E-state index in [1.165, 1.54) is 5.56 Å². The quantitative estimate of drug-likeness (QED) is 0.667. The van der Waals surface area contributed by atoms with Gasteiger partial charge < -0.3 is 0 Å². The van der Waals surface area contributed by atoms with Gasteiger partial charge in [0.25, 0.3) is 0 Å². The second-order valence-electron chi connectivity index (χ2n) is 2.58. The van der Waals surface area contributed by atoms with Crippen molar-refractivity contribution in [3.8, 4) is 0 Å².